The van der Waals surface area contributed by atoms with E-state index in [0.29, 0.717) is 12.2 Å². The molecule has 0 aliphatic carbocycles. The lowest BCUT2D eigenvalue weighted by Gasteiger charge is -2.07. The molecule has 0 aliphatic heterocycles. The molecular formula is C12H15BrO4. The van der Waals surface area contributed by atoms with Crippen molar-refractivity contribution in [1.82, 2.24) is 0 Å². The summed E-state index contributed by atoms with van der Waals surface area (Å²) in [6.07, 6.45) is 1.79. The number of benzene rings is 1. The molecule has 1 aromatic carbocycles. The predicted molar refractivity (Wildman–Crippen MR) is 68.0 cm³/mol. The lowest BCUT2D eigenvalue weighted by atomic mass is 10.2. The van der Waals surface area contributed by atoms with Gasteiger partial charge >= 0.3 is 5.97 Å². The number of phenols is 1. The van der Waals surface area contributed by atoms with Gasteiger partial charge in [0.25, 0.3) is 0 Å². The fraction of sp³-hybridized carbons (Fsp3) is 0.417. The Bertz CT molecular complexity index is 379. The largest absolute Gasteiger partial charge is 0.504 e. The molecule has 1 rings (SSSR count). The molecule has 0 fully saturated rings. The molecule has 0 unspecified atom stereocenters. The van der Waals surface area contributed by atoms with Crippen LogP contribution in [0.2, 0.25) is 0 Å². The number of carbonyl (C=O) groups excluding carboxylic acids is 1. The number of carbonyl (C=O) groups is 1. The van der Waals surface area contributed by atoms with Gasteiger partial charge in [0.15, 0.2) is 11.5 Å². The van der Waals surface area contributed by atoms with Gasteiger partial charge in [-0.2, -0.15) is 0 Å². The second-order valence-corrected chi connectivity index (χ2v) is 4.21. The Kier molecular flexibility index (Phi) is 5.83. The van der Waals surface area contributed by atoms with E-state index < -0.39 is 5.97 Å². The molecule has 1 N–H and O–H groups in total. The Morgan fingerprint density at radius 3 is 2.82 bits per heavy atom. The molecule has 0 saturated heterocycles. The van der Waals surface area contributed by atoms with E-state index in [2.05, 4.69) is 15.9 Å². The van der Waals surface area contributed by atoms with Crippen LogP contribution in [0.5, 0.6) is 11.5 Å². The first kappa shape index (κ1) is 13.8. The maximum atomic E-state index is 11.6. The van der Waals surface area contributed by atoms with Crippen LogP contribution in [0.25, 0.3) is 0 Å². The van der Waals surface area contributed by atoms with Gasteiger partial charge in [-0.1, -0.05) is 15.9 Å². The molecule has 0 aromatic heterocycles. The lowest BCUT2D eigenvalue weighted by molar-refractivity contribution is 0.0499. The molecule has 4 nitrogen and oxygen atoms in total. The van der Waals surface area contributed by atoms with E-state index in [4.69, 9.17) is 9.47 Å². The summed E-state index contributed by atoms with van der Waals surface area (Å²) in [7, 11) is 1.43. The SMILES string of the molecule is COc1cc(C(=O)OCCCCBr)ccc1O. The number of phenolic OH excluding ortho intramolecular Hbond substituents is 1. The molecule has 5 heteroatoms. The van der Waals surface area contributed by atoms with Crippen LogP contribution in [-0.4, -0.2) is 30.1 Å². The summed E-state index contributed by atoms with van der Waals surface area (Å²) in [6, 6.07) is 4.38. The molecule has 0 saturated carbocycles. The Balaban J connectivity index is 2.57. The number of esters is 1. The summed E-state index contributed by atoms with van der Waals surface area (Å²) in [5, 5.41) is 10.3. The van der Waals surface area contributed by atoms with Crippen LogP contribution in [0.4, 0.5) is 0 Å². The van der Waals surface area contributed by atoms with E-state index in [-0.39, 0.29) is 11.5 Å². The number of hydrogen-bond acceptors (Lipinski definition) is 4. The molecule has 0 radical (unpaired) electrons. The molecular weight excluding hydrogens is 288 g/mol. The number of ether oxygens (including phenoxy) is 2. The highest BCUT2D eigenvalue weighted by Crippen LogP contribution is 2.26. The minimum Gasteiger partial charge on any atom is -0.504 e. The fourth-order valence-corrected chi connectivity index (χ4v) is 1.65. The average Bonchev–Trinajstić information content (AvgIpc) is 2.35. The van der Waals surface area contributed by atoms with Gasteiger partial charge in [0, 0.05) is 5.33 Å². The number of hydrogen-bond donors (Lipinski definition) is 1. The summed E-state index contributed by atoms with van der Waals surface area (Å²) < 4.78 is 9.99. The van der Waals surface area contributed by atoms with E-state index in [1.807, 2.05) is 0 Å². The molecule has 0 aliphatic rings. The predicted octanol–water partition coefficient (Wildman–Crippen LogP) is 2.73. The van der Waals surface area contributed by atoms with Crippen LogP contribution in [0.1, 0.15) is 23.2 Å². The fourth-order valence-electron chi connectivity index (χ4n) is 1.25. The maximum Gasteiger partial charge on any atom is 0.338 e. The molecule has 0 atom stereocenters. The Hall–Kier alpha value is -1.23. The van der Waals surface area contributed by atoms with Crippen molar-refractivity contribution in [2.45, 2.75) is 12.8 Å². The van der Waals surface area contributed by atoms with Gasteiger partial charge in [-0.25, -0.2) is 4.79 Å². The number of alkyl halides is 1. The number of aromatic hydroxyl groups is 1. The third-order valence-corrected chi connectivity index (χ3v) is 2.74. The normalized spacial score (nSPS) is 10.0. The van der Waals surface area contributed by atoms with Gasteiger partial charge in [-0.05, 0) is 31.0 Å². The van der Waals surface area contributed by atoms with E-state index in [1.54, 1.807) is 0 Å². The van der Waals surface area contributed by atoms with E-state index in [1.165, 1.54) is 25.3 Å². The average molecular weight is 303 g/mol. The van der Waals surface area contributed by atoms with Crippen LogP contribution >= 0.6 is 15.9 Å². The molecule has 0 amide bonds. The zero-order valence-electron chi connectivity index (χ0n) is 9.61. The van der Waals surface area contributed by atoms with Crippen molar-refractivity contribution in [3.8, 4) is 11.5 Å². The second kappa shape index (κ2) is 7.17. The van der Waals surface area contributed by atoms with Crippen LogP contribution < -0.4 is 4.74 Å². The van der Waals surface area contributed by atoms with Crippen molar-refractivity contribution in [1.29, 1.82) is 0 Å². The van der Waals surface area contributed by atoms with Crippen molar-refractivity contribution in [3.05, 3.63) is 23.8 Å². The molecule has 0 heterocycles. The second-order valence-electron chi connectivity index (χ2n) is 3.42. The molecule has 1 aromatic rings. The van der Waals surface area contributed by atoms with Crippen molar-refractivity contribution in [2.75, 3.05) is 19.0 Å². The number of halogens is 1. The van der Waals surface area contributed by atoms with Crippen LogP contribution in [0.3, 0.4) is 0 Å². The molecule has 17 heavy (non-hydrogen) atoms. The Labute approximate surface area is 109 Å². The quantitative estimate of drug-likeness (QED) is 0.499. The number of rotatable bonds is 6. The summed E-state index contributed by atoms with van der Waals surface area (Å²) in [5.74, 6) is -0.138. The summed E-state index contributed by atoms with van der Waals surface area (Å²) in [6.45, 7) is 0.396. The van der Waals surface area contributed by atoms with Crippen LogP contribution in [0.15, 0.2) is 18.2 Å². The lowest BCUT2D eigenvalue weighted by Crippen LogP contribution is -2.06. The Morgan fingerprint density at radius 2 is 2.18 bits per heavy atom. The standard InChI is InChI=1S/C12H15BrO4/c1-16-11-8-9(4-5-10(11)14)12(15)17-7-3-2-6-13/h4-5,8,14H,2-3,6-7H2,1H3. The van der Waals surface area contributed by atoms with E-state index in [9.17, 15) is 9.90 Å². The van der Waals surface area contributed by atoms with Gasteiger partial charge in [-0.3, -0.25) is 0 Å². The van der Waals surface area contributed by atoms with Gasteiger partial charge in [-0.15, -0.1) is 0 Å². The van der Waals surface area contributed by atoms with Gasteiger partial charge in [0.1, 0.15) is 0 Å². The third kappa shape index (κ3) is 4.26. The maximum absolute atomic E-state index is 11.6. The highest BCUT2D eigenvalue weighted by atomic mass is 79.9. The highest BCUT2D eigenvalue weighted by Gasteiger charge is 2.10. The van der Waals surface area contributed by atoms with Gasteiger partial charge in [0.05, 0.1) is 19.3 Å². The summed E-state index contributed by atoms with van der Waals surface area (Å²) >= 11 is 3.30. The van der Waals surface area contributed by atoms with Crippen molar-refractivity contribution in [2.24, 2.45) is 0 Å². The highest BCUT2D eigenvalue weighted by molar-refractivity contribution is 9.09. The number of methoxy groups -OCH3 is 1. The first-order chi connectivity index (χ1) is 8.19. The first-order valence-electron chi connectivity index (χ1n) is 5.29. The smallest absolute Gasteiger partial charge is 0.338 e. The summed E-state index contributed by atoms with van der Waals surface area (Å²) in [5.41, 5.74) is 0.374. The minimum absolute atomic E-state index is 0.00309. The summed E-state index contributed by atoms with van der Waals surface area (Å²) in [4.78, 5) is 11.6. The minimum atomic E-state index is -0.405. The zero-order valence-corrected chi connectivity index (χ0v) is 11.2. The first-order valence-corrected chi connectivity index (χ1v) is 6.41. The Morgan fingerprint density at radius 1 is 1.41 bits per heavy atom. The van der Waals surface area contributed by atoms with E-state index >= 15 is 0 Å². The van der Waals surface area contributed by atoms with Gasteiger partial charge in [0.2, 0.25) is 0 Å². The van der Waals surface area contributed by atoms with Crippen molar-refractivity contribution in [3.63, 3.8) is 0 Å². The topological polar surface area (TPSA) is 55.8 Å². The van der Waals surface area contributed by atoms with E-state index in [0.717, 1.165) is 18.2 Å². The monoisotopic (exact) mass is 302 g/mol. The van der Waals surface area contributed by atoms with Crippen LogP contribution in [-0.2, 0) is 4.74 Å². The third-order valence-electron chi connectivity index (χ3n) is 2.18. The molecule has 0 spiro atoms. The zero-order chi connectivity index (χ0) is 12.7. The van der Waals surface area contributed by atoms with Gasteiger partial charge < -0.3 is 14.6 Å². The van der Waals surface area contributed by atoms with Crippen molar-refractivity contribution >= 4 is 21.9 Å². The number of unbranched alkanes of at least 4 members (excludes halogenated alkanes) is 1. The molecule has 94 valence electrons. The van der Waals surface area contributed by atoms with Crippen molar-refractivity contribution < 1.29 is 19.4 Å². The van der Waals surface area contributed by atoms with Crippen LogP contribution in [0, 0.1) is 0 Å². The molecule has 0 bridgehead atoms.